The molecule has 8 heteroatoms. The molecule has 4 aromatic carbocycles. The number of carbonyl (C=O) groups is 1. The van der Waals surface area contributed by atoms with Crippen LogP contribution in [-0.4, -0.2) is 32.1 Å². The van der Waals surface area contributed by atoms with Crippen LogP contribution in [-0.2, 0) is 22.7 Å². The second kappa shape index (κ2) is 12.4. The van der Waals surface area contributed by atoms with E-state index in [1.807, 2.05) is 121 Å². The maximum atomic E-state index is 14.4. The van der Waals surface area contributed by atoms with Crippen molar-refractivity contribution in [2.75, 3.05) is 6.61 Å². The number of nitrogens with zero attached hydrogens (tertiary/aromatic N) is 3. The number of aromatic amines is 1. The van der Waals surface area contributed by atoms with E-state index in [2.05, 4.69) is 15.4 Å². The van der Waals surface area contributed by atoms with Crippen LogP contribution in [0.25, 0.3) is 50.1 Å². The second-order valence-corrected chi connectivity index (χ2v) is 10.7. The third-order valence-corrected chi connectivity index (χ3v) is 7.67. The van der Waals surface area contributed by atoms with Crippen molar-refractivity contribution >= 4 is 22.5 Å². The number of fused-ring (bicyclic) bond motifs is 2. The molecule has 0 aliphatic carbocycles. The molecular formula is C37H29N5O3. The first-order valence-corrected chi connectivity index (χ1v) is 14.7. The highest BCUT2D eigenvalue weighted by molar-refractivity contribution is 5.91. The first-order valence-electron chi connectivity index (χ1n) is 14.7. The van der Waals surface area contributed by atoms with Gasteiger partial charge in [0.25, 0.3) is 5.56 Å². The van der Waals surface area contributed by atoms with Gasteiger partial charge in [0.1, 0.15) is 6.61 Å². The number of pyridine rings is 1. The number of carbonyl (C=O) groups excluding carboxylic acids is 1. The Balaban J connectivity index is 1.33. The molecule has 3 aromatic heterocycles. The third kappa shape index (κ3) is 5.74. The Kier molecular flexibility index (Phi) is 7.70. The lowest BCUT2D eigenvalue weighted by atomic mass is 10.0. The molecule has 0 unspecified atom stereocenters. The van der Waals surface area contributed by atoms with Gasteiger partial charge in [0.15, 0.2) is 5.65 Å². The Morgan fingerprint density at radius 3 is 2.24 bits per heavy atom. The van der Waals surface area contributed by atoms with Gasteiger partial charge < -0.3 is 10.1 Å². The van der Waals surface area contributed by atoms with Gasteiger partial charge in [-0.05, 0) is 34.9 Å². The molecule has 220 valence electrons. The van der Waals surface area contributed by atoms with Gasteiger partial charge in [-0.3, -0.25) is 19.7 Å². The van der Waals surface area contributed by atoms with Crippen LogP contribution in [0.1, 0.15) is 11.3 Å². The van der Waals surface area contributed by atoms with E-state index < -0.39 is 0 Å². The summed E-state index contributed by atoms with van der Waals surface area (Å²) >= 11 is 0. The predicted octanol–water partition coefficient (Wildman–Crippen LogP) is 6.40. The minimum absolute atomic E-state index is 0.0414. The molecule has 0 bridgehead atoms. The summed E-state index contributed by atoms with van der Waals surface area (Å²) < 4.78 is 7.15. The average Bonchev–Trinajstić information content (AvgIpc) is 3.48. The van der Waals surface area contributed by atoms with Crippen LogP contribution >= 0.6 is 0 Å². The maximum absolute atomic E-state index is 14.4. The molecule has 8 nitrogen and oxygen atoms in total. The lowest BCUT2D eigenvalue weighted by Gasteiger charge is -2.12. The SMILES string of the molecule is O=C(COCc1ccccc1)NCc1nc2c(-c3ccccc3)c(-c3ccccc3)[nH]n2c(=O)c1-c1ccc2ncccc2c1. The summed E-state index contributed by atoms with van der Waals surface area (Å²) in [6.07, 6.45) is 1.74. The Morgan fingerprint density at radius 2 is 1.49 bits per heavy atom. The Hall–Kier alpha value is -5.86. The lowest BCUT2D eigenvalue weighted by molar-refractivity contribution is -0.126. The first kappa shape index (κ1) is 27.9. The van der Waals surface area contributed by atoms with Gasteiger partial charge in [-0.1, -0.05) is 103 Å². The quantitative estimate of drug-likeness (QED) is 0.202. The van der Waals surface area contributed by atoms with E-state index in [1.54, 1.807) is 6.20 Å². The number of nitrogens with one attached hydrogen (secondary N) is 2. The van der Waals surface area contributed by atoms with E-state index in [4.69, 9.17) is 9.72 Å². The molecule has 1 amide bonds. The van der Waals surface area contributed by atoms with E-state index in [1.165, 1.54) is 4.52 Å². The van der Waals surface area contributed by atoms with E-state index in [-0.39, 0.29) is 24.6 Å². The zero-order valence-electron chi connectivity index (χ0n) is 24.3. The van der Waals surface area contributed by atoms with Gasteiger partial charge in [0.2, 0.25) is 5.91 Å². The minimum Gasteiger partial charge on any atom is -0.367 e. The van der Waals surface area contributed by atoms with Gasteiger partial charge in [-0.2, -0.15) is 4.52 Å². The van der Waals surface area contributed by atoms with Gasteiger partial charge in [0, 0.05) is 17.1 Å². The van der Waals surface area contributed by atoms with Crippen LogP contribution in [0.3, 0.4) is 0 Å². The molecule has 0 fully saturated rings. The normalized spacial score (nSPS) is 11.2. The van der Waals surface area contributed by atoms with Gasteiger partial charge in [-0.15, -0.1) is 0 Å². The number of aromatic nitrogens is 4. The van der Waals surface area contributed by atoms with Crippen LogP contribution in [0.2, 0.25) is 0 Å². The summed E-state index contributed by atoms with van der Waals surface area (Å²) in [6.45, 7) is 0.243. The monoisotopic (exact) mass is 591 g/mol. The van der Waals surface area contributed by atoms with Crippen molar-refractivity contribution in [1.29, 1.82) is 0 Å². The highest BCUT2D eigenvalue weighted by Gasteiger charge is 2.23. The van der Waals surface area contributed by atoms with Crippen LogP contribution in [0.4, 0.5) is 0 Å². The van der Waals surface area contributed by atoms with Crippen LogP contribution in [0, 0.1) is 0 Å². The predicted molar refractivity (Wildman–Crippen MR) is 175 cm³/mol. The van der Waals surface area contributed by atoms with Crippen molar-refractivity contribution in [2.45, 2.75) is 13.2 Å². The summed E-state index contributed by atoms with van der Waals surface area (Å²) in [5.74, 6) is -0.302. The fourth-order valence-corrected chi connectivity index (χ4v) is 5.53. The summed E-state index contributed by atoms with van der Waals surface area (Å²) in [4.78, 5) is 36.8. The third-order valence-electron chi connectivity index (χ3n) is 7.67. The number of rotatable bonds is 9. The standard InChI is InChI=1S/C37H29N5O3/c43-32(24-45-23-25-11-4-1-5-12-25)39-22-31-33(29-18-19-30-28(21-29)17-10-20-38-30)37(44)42-36(40-31)34(26-13-6-2-7-14-26)35(41-42)27-15-8-3-9-16-27/h1-21,41H,22-24H2,(H,39,43). The first-order chi connectivity index (χ1) is 22.2. The molecule has 0 spiro atoms. The molecule has 0 aliphatic heterocycles. The zero-order chi connectivity index (χ0) is 30.6. The second-order valence-electron chi connectivity index (χ2n) is 10.7. The number of hydrogen-bond donors (Lipinski definition) is 2. The van der Waals surface area contributed by atoms with Crippen LogP contribution < -0.4 is 10.9 Å². The molecule has 0 aliphatic rings. The summed E-state index contributed by atoms with van der Waals surface area (Å²) in [6, 6.07) is 38.9. The molecule has 0 saturated carbocycles. The van der Waals surface area contributed by atoms with Crippen molar-refractivity contribution in [3.63, 3.8) is 0 Å². The number of H-pyrrole nitrogens is 1. The largest absolute Gasteiger partial charge is 0.367 e. The molecule has 0 radical (unpaired) electrons. The number of hydrogen-bond acceptors (Lipinski definition) is 5. The van der Waals surface area contributed by atoms with Crippen molar-refractivity contribution < 1.29 is 9.53 Å². The zero-order valence-corrected chi connectivity index (χ0v) is 24.3. The highest BCUT2D eigenvalue weighted by atomic mass is 16.5. The number of amides is 1. The molecular weight excluding hydrogens is 562 g/mol. The smallest absolute Gasteiger partial charge is 0.280 e. The van der Waals surface area contributed by atoms with Crippen LogP contribution in [0.5, 0.6) is 0 Å². The van der Waals surface area contributed by atoms with Crippen molar-refractivity contribution in [3.8, 4) is 33.5 Å². The maximum Gasteiger partial charge on any atom is 0.280 e. The highest BCUT2D eigenvalue weighted by Crippen LogP contribution is 2.35. The number of ether oxygens (including phenoxy) is 1. The van der Waals surface area contributed by atoms with E-state index >= 15 is 0 Å². The van der Waals surface area contributed by atoms with Crippen LogP contribution in [0.15, 0.2) is 132 Å². The topological polar surface area (TPSA) is 101 Å². The van der Waals surface area contributed by atoms with Gasteiger partial charge in [-0.25, -0.2) is 4.98 Å². The Morgan fingerprint density at radius 1 is 0.778 bits per heavy atom. The fraction of sp³-hybridized carbons (Fsp3) is 0.0811. The summed E-state index contributed by atoms with van der Waals surface area (Å²) in [5.41, 5.74) is 6.94. The minimum atomic E-state index is -0.302. The molecule has 3 heterocycles. The molecule has 7 aromatic rings. The summed E-state index contributed by atoms with van der Waals surface area (Å²) in [5, 5.41) is 7.17. The fourth-order valence-electron chi connectivity index (χ4n) is 5.53. The molecule has 2 N–H and O–H groups in total. The number of benzene rings is 4. The average molecular weight is 592 g/mol. The summed E-state index contributed by atoms with van der Waals surface area (Å²) in [7, 11) is 0. The van der Waals surface area contributed by atoms with Crippen molar-refractivity contribution in [1.82, 2.24) is 24.9 Å². The van der Waals surface area contributed by atoms with Gasteiger partial charge in [0.05, 0.1) is 41.2 Å². The van der Waals surface area contributed by atoms with Gasteiger partial charge >= 0.3 is 0 Å². The molecule has 45 heavy (non-hydrogen) atoms. The van der Waals surface area contributed by atoms with Crippen molar-refractivity contribution in [3.05, 3.63) is 149 Å². The molecule has 0 atom stereocenters. The van der Waals surface area contributed by atoms with E-state index in [0.29, 0.717) is 29.1 Å². The molecule has 0 saturated heterocycles. The Bertz CT molecular complexity index is 2180. The lowest BCUT2D eigenvalue weighted by Crippen LogP contribution is -2.29. The van der Waals surface area contributed by atoms with E-state index in [9.17, 15) is 9.59 Å². The Labute approximate surface area is 259 Å². The van der Waals surface area contributed by atoms with E-state index in [0.717, 1.165) is 38.9 Å². The van der Waals surface area contributed by atoms with Crippen molar-refractivity contribution in [2.24, 2.45) is 0 Å². The molecule has 7 rings (SSSR count).